The lowest BCUT2D eigenvalue weighted by molar-refractivity contribution is 0.139. The van der Waals surface area contributed by atoms with Crippen LogP contribution in [0.25, 0.3) is 0 Å². The van der Waals surface area contributed by atoms with Crippen molar-refractivity contribution in [2.75, 3.05) is 32.7 Å². The van der Waals surface area contributed by atoms with Crippen molar-refractivity contribution in [2.24, 2.45) is 11.8 Å². The van der Waals surface area contributed by atoms with Gasteiger partial charge in [-0.05, 0) is 55.7 Å². The summed E-state index contributed by atoms with van der Waals surface area (Å²) in [6, 6.07) is 3.87. The molecule has 2 N–H and O–H groups in total. The molecule has 2 atom stereocenters. The molecular formula is C19H32N4O. The fourth-order valence-electron chi connectivity index (χ4n) is 3.57. The van der Waals surface area contributed by atoms with Gasteiger partial charge >= 0.3 is 6.03 Å². The van der Waals surface area contributed by atoms with Gasteiger partial charge in [-0.3, -0.25) is 4.98 Å². The molecule has 2 rings (SSSR count). The molecular weight excluding hydrogens is 300 g/mol. The zero-order valence-corrected chi connectivity index (χ0v) is 15.1. The first-order chi connectivity index (χ1) is 11.6. The van der Waals surface area contributed by atoms with E-state index in [-0.39, 0.29) is 6.03 Å². The molecule has 0 aromatic carbocycles. The molecule has 1 aliphatic heterocycles. The predicted molar refractivity (Wildman–Crippen MR) is 98.0 cm³/mol. The van der Waals surface area contributed by atoms with Gasteiger partial charge in [0.1, 0.15) is 0 Å². The molecule has 1 fully saturated rings. The predicted octanol–water partition coefficient (Wildman–Crippen LogP) is 2.68. The van der Waals surface area contributed by atoms with E-state index in [0.717, 1.165) is 49.8 Å². The summed E-state index contributed by atoms with van der Waals surface area (Å²) in [5.74, 6) is 1.63. The van der Waals surface area contributed by atoms with Crippen molar-refractivity contribution in [3.63, 3.8) is 0 Å². The quantitative estimate of drug-likeness (QED) is 0.720. The molecule has 5 nitrogen and oxygen atoms in total. The fraction of sp³-hybridized carbons (Fsp3) is 0.684. The molecule has 0 radical (unpaired) electrons. The molecule has 2 amide bonds. The summed E-state index contributed by atoms with van der Waals surface area (Å²) in [6.45, 7) is 9.69. The largest absolute Gasteiger partial charge is 0.338 e. The number of pyridine rings is 1. The molecule has 134 valence electrons. The lowest BCUT2D eigenvalue weighted by Crippen LogP contribution is -2.40. The van der Waals surface area contributed by atoms with Crippen molar-refractivity contribution in [3.8, 4) is 0 Å². The minimum atomic E-state index is -0.0703. The van der Waals surface area contributed by atoms with Crippen LogP contribution in [0.2, 0.25) is 0 Å². The summed E-state index contributed by atoms with van der Waals surface area (Å²) < 4.78 is 0. The van der Waals surface area contributed by atoms with Gasteiger partial charge in [-0.25, -0.2) is 4.79 Å². The summed E-state index contributed by atoms with van der Waals surface area (Å²) in [5.41, 5.74) is 1.14. The monoisotopic (exact) mass is 332 g/mol. The number of rotatable bonds is 8. The lowest BCUT2D eigenvalue weighted by Gasteiger charge is -2.34. The third-order valence-electron chi connectivity index (χ3n) is 4.55. The minimum Gasteiger partial charge on any atom is -0.338 e. The summed E-state index contributed by atoms with van der Waals surface area (Å²) in [4.78, 5) is 18.4. The standard InChI is InChI=1S/C19H32N4O/c1-16-12-17(2)15-23(14-16)11-4-3-9-21-19(24)22-10-7-18-6-5-8-20-13-18/h5-6,8,13,16-17H,3-4,7,9-12,14-15H2,1-2H3,(H2,21,22,24). The van der Waals surface area contributed by atoms with Crippen molar-refractivity contribution >= 4 is 6.03 Å². The minimum absolute atomic E-state index is 0.0703. The van der Waals surface area contributed by atoms with Crippen LogP contribution < -0.4 is 10.6 Å². The third-order valence-corrected chi connectivity index (χ3v) is 4.55. The van der Waals surface area contributed by atoms with Crippen molar-refractivity contribution in [1.29, 1.82) is 0 Å². The number of nitrogens with one attached hydrogen (secondary N) is 2. The second kappa shape index (κ2) is 10.3. The van der Waals surface area contributed by atoms with Gasteiger partial charge in [-0.1, -0.05) is 19.9 Å². The Balaban J connectivity index is 1.47. The molecule has 0 aliphatic carbocycles. The maximum atomic E-state index is 11.7. The molecule has 0 spiro atoms. The summed E-state index contributed by atoms with van der Waals surface area (Å²) in [6.07, 6.45) is 7.95. The van der Waals surface area contributed by atoms with Crippen LogP contribution >= 0.6 is 0 Å². The Morgan fingerprint density at radius 1 is 1.21 bits per heavy atom. The molecule has 2 unspecified atom stereocenters. The number of carbonyl (C=O) groups is 1. The van der Waals surface area contributed by atoms with Crippen LogP contribution in [-0.4, -0.2) is 48.6 Å². The molecule has 1 aromatic rings. The normalized spacial score (nSPS) is 21.4. The smallest absolute Gasteiger partial charge is 0.314 e. The first kappa shape index (κ1) is 18.7. The highest BCUT2D eigenvalue weighted by Crippen LogP contribution is 2.20. The van der Waals surface area contributed by atoms with E-state index >= 15 is 0 Å². The number of carbonyl (C=O) groups excluding carboxylic acids is 1. The van der Waals surface area contributed by atoms with E-state index in [1.165, 1.54) is 19.5 Å². The van der Waals surface area contributed by atoms with Crippen LogP contribution in [0.4, 0.5) is 4.79 Å². The number of piperidine rings is 1. The second-order valence-corrected chi connectivity index (χ2v) is 7.21. The molecule has 1 saturated heterocycles. The van der Waals surface area contributed by atoms with Crippen LogP contribution in [0.5, 0.6) is 0 Å². The van der Waals surface area contributed by atoms with Crippen LogP contribution in [0.15, 0.2) is 24.5 Å². The highest BCUT2D eigenvalue weighted by molar-refractivity contribution is 5.73. The van der Waals surface area contributed by atoms with Crippen molar-refractivity contribution in [2.45, 2.75) is 39.5 Å². The first-order valence-corrected chi connectivity index (χ1v) is 9.26. The summed E-state index contributed by atoms with van der Waals surface area (Å²) in [7, 11) is 0. The molecule has 0 saturated carbocycles. The Morgan fingerprint density at radius 3 is 2.67 bits per heavy atom. The SMILES string of the molecule is CC1CC(C)CN(CCCCNC(=O)NCCc2cccnc2)C1. The van der Waals surface area contributed by atoms with Crippen molar-refractivity contribution < 1.29 is 4.79 Å². The van der Waals surface area contributed by atoms with E-state index in [4.69, 9.17) is 0 Å². The lowest BCUT2D eigenvalue weighted by atomic mass is 9.92. The Hall–Kier alpha value is -1.62. The van der Waals surface area contributed by atoms with Gasteiger partial charge in [0.05, 0.1) is 0 Å². The van der Waals surface area contributed by atoms with Crippen molar-refractivity contribution in [3.05, 3.63) is 30.1 Å². The Bertz CT molecular complexity index is 470. The average Bonchev–Trinajstić information content (AvgIpc) is 2.54. The number of unbranched alkanes of at least 4 members (excludes halogenated alkanes) is 1. The number of aromatic nitrogens is 1. The number of likely N-dealkylation sites (tertiary alicyclic amines) is 1. The van der Waals surface area contributed by atoms with E-state index < -0.39 is 0 Å². The molecule has 1 aromatic heterocycles. The highest BCUT2D eigenvalue weighted by atomic mass is 16.2. The fourth-order valence-corrected chi connectivity index (χ4v) is 3.57. The van der Waals surface area contributed by atoms with Crippen LogP contribution in [0, 0.1) is 11.8 Å². The maximum Gasteiger partial charge on any atom is 0.314 e. The molecule has 24 heavy (non-hydrogen) atoms. The zero-order chi connectivity index (χ0) is 17.2. The van der Waals surface area contributed by atoms with Gasteiger partial charge in [0, 0.05) is 38.6 Å². The average molecular weight is 332 g/mol. The molecule has 5 heteroatoms. The van der Waals surface area contributed by atoms with Gasteiger partial charge in [-0.15, -0.1) is 0 Å². The number of hydrogen-bond donors (Lipinski definition) is 2. The van der Waals surface area contributed by atoms with Crippen LogP contribution in [0.3, 0.4) is 0 Å². The highest BCUT2D eigenvalue weighted by Gasteiger charge is 2.20. The topological polar surface area (TPSA) is 57.3 Å². The van der Waals surface area contributed by atoms with E-state index in [1.807, 2.05) is 18.3 Å². The Labute approximate surface area is 146 Å². The van der Waals surface area contributed by atoms with E-state index in [2.05, 4.69) is 34.4 Å². The van der Waals surface area contributed by atoms with Gasteiger partial charge in [0.25, 0.3) is 0 Å². The van der Waals surface area contributed by atoms with Gasteiger partial charge in [0.2, 0.25) is 0 Å². The van der Waals surface area contributed by atoms with Gasteiger partial charge in [-0.2, -0.15) is 0 Å². The Kier molecular flexibility index (Phi) is 8.02. The second-order valence-electron chi connectivity index (χ2n) is 7.21. The molecule has 1 aliphatic rings. The van der Waals surface area contributed by atoms with Crippen LogP contribution in [0.1, 0.15) is 38.7 Å². The number of nitrogens with zero attached hydrogens (tertiary/aromatic N) is 2. The van der Waals surface area contributed by atoms with E-state index in [0.29, 0.717) is 6.54 Å². The van der Waals surface area contributed by atoms with Crippen LogP contribution in [-0.2, 0) is 6.42 Å². The van der Waals surface area contributed by atoms with Gasteiger partial charge in [0.15, 0.2) is 0 Å². The summed E-state index contributed by atoms with van der Waals surface area (Å²) >= 11 is 0. The van der Waals surface area contributed by atoms with Crippen molar-refractivity contribution in [1.82, 2.24) is 20.5 Å². The maximum absolute atomic E-state index is 11.7. The number of urea groups is 1. The zero-order valence-electron chi connectivity index (χ0n) is 15.1. The molecule has 2 heterocycles. The number of hydrogen-bond acceptors (Lipinski definition) is 3. The van der Waals surface area contributed by atoms with E-state index in [1.54, 1.807) is 6.20 Å². The third kappa shape index (κ3) is 7.30. The van der Waals surface area contributed by atoms with Gasteiger partial charge < -0.3 is 15.5 Å². The number of amides is 2. The Morgan fingerprint density at radius 2 is 1.96 bits per heavy atom. The van der Waals surface area contributed by atoms with E-state index in [9.17, 15) is 4.79 Å². The molecule has 0 bridgehead atoms. The first-order valence-electron chi connectivity index (χ1n) is 9.26. The summed E-state index contributed by atoms with van der Waals surface area (Å²) in [5, 5.41) is 5.83.